The molecule has 0 aliphatic carbocycles. The van der Waals surface area contributed by atoms with Crippen LogP contribution in [-0.4, -0.2) is 22.8 Å². The molecule has 0 unspecified atom stereocenters. The lowest BCUT2D eigenvalue weighted by atomic mass is 10.2. The summed E-state index contributed by atoms with van der Waals surface area (Å²) in [6, 6.07) is 5.78. The molecular formula is C13H11F4N3O2. The van der Waals surface area contributed by atoms with Gasteiger partial charge in [0.05, 0.1) is 7.11 Å². The van der Waals surface area contributed by atoms with Crippen molar-refractivity contribution in [3.63, 3.8) is 0 Å². The van der Waals surface area contributed by atoms with Gasteiger partial charge in [0.2, 0.25) is 5.69 Å². The summed E-state index contributed by atoms with van der Waals surface area (Å²) in [5.41, 5.74) is -1.55. The van der Waals surface area contributed by atoms with Gasteiger partial charge in [-0.15, -0.1) is 0 Å². The zero-order valence-electron chi connectivity index (χ0n) is 11.5. The third kappa shape index (κ3) is 3.02. The maximum absolute atomic E-state index is 13.7. The number of nitrogens with one attached hydrogen (secondary N) is 1. The SMILES string of the molecule is COc1ccc(C(=O)Nc2c(F)c(C(F)(F)F)nn2C)cc1. The van der Waals surface area contributed by atoms with Gasteiger partial charge in [-0.25, -0.2) is 9.07 Å². The Bertz CT molecular complexity index is 693. The Hall–Kier alpha value is -2.58. The zero-order chi connectivity index (χ0) is 16.5. The van der Waals surface area contributed by atoms with Crippen LogP contribution in [-0.2, 0) is 13.2 Å². The molecule has 118 valence electrons. The molecule has 0 aliphatic rings. The summed E-state index contributed by atoms with van der Waals surface area (Å²) in [6.07, 6.45) is -4.94. The first-order valence-corrected chi connectivity index (χ1v) is 5.99. The van der Waals surface area contributed by atoms with Crippen LogP contribution in [0.4, 0.5) is 23.4 Å². The van der Waals surface area contributed by atoms with Crippen molar-refractivity contribution in [3.8, 4) is 5.75 Å². The van der Waals surface area contributed by atoms with Crippen molar-refractivity contribution in [1.29, 1.82) is 0 Å². The lowest BCUT2D eigenvalue weighted by Gasteiger charge is -2.06. The summed E-state index contributed by atoms with van der Waals surface area (Å²) in [5.74, 6) is -2.55. The van der Waals surface area contributed by atoms with E-state index in [1.165, 1.54) is 31.4 Å². The number of ether oxygens (including phenoxy) is 1. The zero-order valence-corrected chi connectivity index (χ0v) is 11.5. The van der Waals surface area contributed by atoms with Gasteiger partial charge in [0.15, 0.2) is 11.6 Å². The molecule has 2 rings (SSSR count). The standard InChI is InChI=1S/C13H11F4N3O2/c1-20-11(9(14)10(19-20)13(15,16)17)18-12(21)7-3-5-8(22-2)6-4-7/h3-6H,1-2H3,(H,18,21). The minimum Gasteiger partial charge on any atom is -0.497 e. The number of nitrogens with zero attached hydrogens (tertiary/aromatic N) is 2. The van der Waals surface area contributed by atoms with E-state index < -0.39 is 29.4 Å². The van der Waals surface area contributed by atoms with E-state index >= 15 is 0 Å². The van der Waals surface area contributed by atoms with E-state index in [0.29, 0.717) is 10.4 Å². The van der Waals surface area contributed by atoms with Gasteiger partial charge in [0, 0.05) is 12.6 Å². The Balaban J connectivity index is 2.26. The van der Waals surface area contributed by atoms with Crippen LogP contribution in [0.1, 0.15) is 16.1 Å². The van der Waals surface area contributed by atoms with Crippen LogP contribution in [0.3, 0.4) is 0 Å². The van der Waals surface area contributed by atoms with Crippen LogP contribution in [0, 0.1) is 5.82 Å². The van der Waals surface area contributed by atoms with Crippen molar-refractivity contribution < 1.29 is 27.1 Å². The third-order valence-corrected chi connectivity index (χ3v) is 2.84. The molecule has 0 fully saturated rings. The number of hydrogen-bond donors (Lipinski definition) is 1. The van der Waals surface area contributed by atoms with Gasteiger partial charge < -0.3 is 10.1 Å². The molecule has 0 radical (unpaired) electrons. The maximum atomic E-state index is 13.7. The fourth-order valence-corrected chi connectivity index (χ4v) is 1.74. The summed E-state index contributed by atoms with van der Waals surface area (Å²) in [4.78, 5) is 11.9. The lowest BCUT2D eigenvalue weighted by molar-refractivity contribution is -0.143. The number of benzene rings is 1. The molecule has 2 aromatic rings. The second-order valence-electron chi connectivity index (χ2n) is 4.32. The van der Waals surface area contributed by atoms with Crippen molar-refractivity contribution in [2.45, 2.75) is 6.18 Å². The number of rotatable bonds is 3. The normalized spacial score (nSPS) is 11.4. The van der Waals surface area contributed by atoms with Crippen molar-refractivity contribution in [1.82, 2.24) is 9.78 Å². The summed E-state index contributed by atoms with van der Waals surface area (Å²) in [7, 11) is 2.54. The number of alkyl halides is 3. The third-order valence-electron chi connectivity index (χ3n) is 2.84. The molecule has 1 aromatic heterocycles. The van der Waals surface area contributed by atoms with Crippen LogP contribution in [0.15, 0.2) is 24.3 Å². The van der Waals surface area contributed by atoms with Gasteiger partial charge in [-0.05, 0) is 24.3 Å². The topological polar surface area (TPSA) is 56.1 Å². The number of methoxy groups -OCH3 is 1. The Morgan fingerprint density at radius 3 is 2.32 bits per heavy atom. The van der Waals surface area contributed by atoms with Crippen LogP contribution in [0.25, 0.3) is 0 Å². The quantitative estimate of drug-likeness (QED) is 0.886. The van der Waals surface area contributed by atoms with Gasteiger partial charge in [-0.2, -0.15) is 18.3 Å². The van der Waals surface area contributed by atoms with Gasteiger partial charge in [0.1, 0.15) is 5.75 Å². The van der Waals surface area contributed by atoms with Crippen molar-refractivity contribution in [2.24, 2.45) is 7.05 Å². The second kappa shape index (κ2) is 5.66. The first-order chi connectivity index (χ1) is 10.2. The molecule has 0 saturated carbocycles. The van der Waals surface area contributed by atoms with Crippen LogP contribution in [0.2, 0.25) is 0 Å². The Morgan fingerprint density at radius 2 is 1.86 bits per heavy atom. The van der Waals surface area contributed by atoms with E-state index in [9.17, 15) is 22.4 Å². The van der Waals surface area contributed by atoms with E-state index in [4.69, 9.17) is 4.74 Å². The molecule has 0 aliphatic heterocycles. The number of carbonyl (C=O) groups excluding carboxylic acids is 1. The molecule has 1 amide bonds. The summed E-state index contributed by atoms with van der Waals surface area (Å²) in [6.45, 7) is 0. The molecule has 1 heterocycles. The molecular weight excluding hydrogens is 306 g/mol. The van der Waals surface area contributed by atoms with E-state index in [0.717, 1.165) is 7.05 Å². The average molecular weight is 317 g/mol. The second-order valence-corrected chi connectivity index (χ2v) is 4.32. The molecule has 0 spiro atoms. The molecule has 1 N–H and O–H groups in total. The van der Waals surface area contributed by atoms with Crippen molar-refractivity contribution >= 4 is 11.7 Å². The lowest BCUT2D eigenvalue weighted by Crippen LogP contribution is -2.15. The highest BCUT2D eigenvalue weighted by molar-refractivity contribution is 6.04. The Morgan fingerprint density at radius 1 is 1.27 bits per heavy atom. The van der Waals surface area contributed by atoms with Gasteiger partial charge >= 0.3 is 6.18 Å². The van der Waals surface area contributed by atoms with Crippen LogP contribution in [0.5, 0.6) is 5.75 Å². The molecule has 5 nitrogen and oxygen atoms in total. The van der Waals surface area contributed by atoms with Gasteiger partial charge in [-0.3, -0.25) is 4.79 Å². The van der Waals surface area contributed by atoms with Gasteiger partial charge in [0.25, 0.3) is 5.91 Å². The largest absolute Gasteiger partial charge is 0.497 e. The molecule has 9 heteroatoms. The summed E-state index contributed by atoms with van der Waals surface area (Å²) >= 11 is 0. The van der Waals surface area contributed by atoms with E-state index in [-0.39, 0.29) is 5.56 Å². The fraction of sp³-hybridized carbons (Fsp3) is 0.231. The number of hydrogen-bond acceptors (Lipinski definition) is 3. The van der Waals surface area contributed by atoms with Crippen molar-refractivity contribution in [2.75, 3.05) is 12.4 Å². The summed E-state index contributed by atoms with van der Waals surface area (Å²) in [5, 5.41) is 5.11. The monoisotopic (exact) mass is 317 g/mol. The number of anilines is 1. The highest BCUT2D eigenvalue weighted by Crippen LogP contribution is 2.33. The number of aromatic nitrogens is 2. The molecule has 1 aromatic carbocycles. The molecule has 0 atom stereocenters. The maximum Gasteiger partial charge on any atom is 0.438 e. The van der Waals surface area contributed by atoms with Crippen LogP contribution >= 0.6 is 0 Å². The number of aryl methyl sites for hydroxylation is 1. The highest BCUT2D eigenvalue weighted by atomic mass is 19.4. The highest BCUT2D eigenvalue weighted by Gasteiger charge is 2.40. The summed E-state index contributed by atoms with van der Waals surface area (Å²) < 4.78 is 56.9. The van der Waals surface area contributed by atoms with E-state index in [1.807, 2.05) is 0 Å². The number of halogens is 4. The van der Waals surface area contributed by atoms with Crippen molar-refractivity contribution in [3.05, 3.63) is 41.3 Å². The number of amides is 1. The molecule has 22 heavy (non-hydrogen) atoms. The molecule has 0 bridgehead atoms. The fourth-order valence-electron chi connectivity index (χ4n) is 1.74. The Kier molecular flexibility index (Phi) is 4.07. The first-order valence-electron chi connectivity index (χ1n) is 5.99. The average Bonchev–Trinajstić information content (AvgIpc) is 2.75. The molecule has 0 saturated heterocycles. The smallest absolute Gasteiger partial charge is 0.438 e. The minimum atomic E-state index is -4.94. The van der Waals surface area contributed by atoms with E-state index in [1.54, 1.807) is 0 Å². The first kappa shape index (κ1) is 15.8. The number of carbonyl (C=O) groups is 1. The Labute approximate surface area is 122 Å². The minimum absolute atomic E-state index is 0.134. The van der Waals surface area contributed by atoms with E-state index in [2.05, 4.69) is 10.4 Å². The van der Waals surface area contributed by atoms with Crippen LogP contribution < -0.4 is 10.1 Å². The van der Waals surface area contributed by atoms with Gasteiger partial charge in [-0.1, -0.05) is 0 Å². The predicted molar refractivity (Wildman–Crippen MR) is 69.1 cm³/mol. The predicted octanol–water partition coefficient (Wildman–Crippen LogP) is 2.84.